The molecular formula is C15H14F2N2O3S. The maximum Gasteiger partial charge on any atom is 0.261 e. The maximum atomic E-state index is 13.5. The quantitative estimate of drug-likeness (QED) is 0.931. The molecule has 0 aliphatic heterocycles. The Bertz CT molecular complexity index is 836. The molecule has 0 aliphatic carbocycles. The van der Waals surface area contributed by atoms with Crippen molar-refractivity contribution in [2.24, 2.45) is 0 Å². The van der Waals surface area contributed by atoms with Crippen molar-refractivity contribution in [3.63, 3.8) is 0 Å². The highest BCUT2D eigenvalue weighted by atomic mass is 32.2. The molecule has 2 rings (SSSR count). The smallest absolute Gasteiger partial charge is 0.261 e. The average Bonchev–Trinajstić information content (AvgIpc) is 2.49. The van der Waals surface area contributed by atoms with Crippen molar-refractivity contribution >= 4 is 27.3 Å². The third-order valence-electron chi connectivity index (χ3n) is 3.18. The summed E-state index contributed by atoms with van der Waals surface area (Å²) >= 11 is 0. The molecule has 5 nitrogen and oxygen atoms in total. The van der Waals surface area contributed by atoms with Gasteiger partial charge >= 0.3 is 0 Å². The number of anilines is 2. The van der Waals surface area contributed by atoms with Crippen LogP contribution >= 0.6 is 0 Å². The Morgan fingerprint density at radius 3 is 2.22 bits per heavy atom. The fraction of sp³-hybridized carbons (Fsp3) is 0.133. The minimum absolute atomic E-state index is 0.109. The van der Waals surface area contributed by atoms with Crippen LogP contribution in [-0.4, -0.2) is 21.4 Å². The summed E-state index contributed by atoms with van der Waals surface area (Å²) in [5.74, 6) is -2.02. The lowest BCUT2D eigenvalue weighted by atomic mass is 10.3. The van der Waals surface area contributed by atoms with Crippen LogP contribution in [0.3, 0.4) is 0 Å². The minimum Gasteiger partial charge on any atom is -0.316 e. The molecule has 0 radical (unpaired) electrons. The zero-order chi connectivity index (χ0) is 17.2. The Balaban J connectivity index is 2.27. The van der Waals surface area contributed by atoms with E-state index in [9.17, 15) is 22.0 Å². The number of sulfonamides is 1. The summed E-state index contributed by atoms with van der Waals surface area (Å²) in [6, 6.07) is 8.03. The van der Waals surface area contributed by atoms with Crippen molar-refractivity contribution in [2.75, 3.05) is 16.7 Å². The van der Waals surface area contributed by atoms with E-state index < -0.39 is 21.7 Å². The van der Waals surface area contributed by atoms with Gasteiger partial charge in [-0.3, -0.25) is 9.52 Å². The second kappa shape index (κ2) is 6.33. The summed E-state index contributed by atoms with van der Waals surface area (Å²) < 4.78 is 52.8. The Kier molecular flexibility index (Phi) is 4.65. The van der Waals surface area contributed by atoms with E-state index in [1.54, 1.807) is 7.05 Å². The summed E-state index contributed by atoms with van der Waals surface area (Å²) in [6.45, 7) is 1.38. The van der Waals surface area contributed by atoms with Crippen LogP contribution in [0, 0.1) is 11.6 Å². The van der Waals surface area contributed by atoms with Crippen molar-refractivity contribution in [3.8, 4) is 0 Å². The van der Waals surface area contributed by atoms with Crippen LogP contribution in [0.4, 0.5) is 20.2 Å². The molecule has 8 heteroatoms. The summed E-state index contributed by atoms with van der Waals surface area (Å²) in [5, 5.41) is 0. The lowest BCUT2D eigenvalue weighted by Crippen LogP contribution is -2.22. The van der Waals surface area contributed by atoms with Gasteiger partial charge in [0.15, 0.2) is 0 Å². The fourth-order valence-electron chi connectivity index (χ4n) is 1.81. The number of amides is 1. The van der Waals surface area contributed by atoms with Crippen molar-refractivity contribution in [1.82, 2.24) is 0 Å². The summed E-state index contributed by atoms with van der Waals surface area (Å²) in [4.78, 5) is 12.5. The van der Waals surface area contributed by atoms with Crippen molar-refractivity contribution < 1.29 is 22.0 Å². The molecule has 0 bridgehead atoms. The highest BCUT2D eigenvalue weighted by molar-refractivity contribution is 7.92. The van der Waals surface area contributed by atoms with Gasteiger partial charge in [-0.2, -0.15) is 0 Å². The summed E-state index contributed by atoms with van der Waals surface area (Å²) in [5.41, 5.74) is 0.167. The first-order valence-corrected chi connectivity index (χ1v) is 8.01. The maximum absolute atomic E-state index is 13.5. The van der Waals surface area contributed by atoms with Gasteiger partial charge in [0.2, 0.25) is 5.91 Å². The zero-order valence-corrected chi connectivity index (χ0v) is 13.2. The van der Waals surface area contributed by atoms with Crippen LogP contribution in [-0.2, 0) is 14.8 Å². The van der Waals surface area contributed by atoms with Crippen LogP contribution < -0.4 is 9.62 Å². The normalized spacial score (nSPS) is 11.1. The van der Waals surface area contributed by atoms with E-state index in [0.717, 1.165) is 12.1 Å². The van der Waals surface area contributed by atoms with Gasteiger partial charge in [0.25, 0.3) is 10.0 Å². The molecule has 0 saturated carbocycles. The molecule has 0 atom stereocenters. The molecule has 0 fully saturated rings. The lowest BCUT2D eigenvalue weighted by molar-refractivity contribution is -0.116. The van der Waals surface area contributed by atoms with Crippen LogP contribution in [0.2, 0.25) is 0 Å². The Labute approximate surface area is 132 Å². The number of carbonyl (C=O) groups excluding carboxylic acids is 1. The second-order valence-corrected chi connectivity index (χ2v) is 6.48. The molecule has 1 N–H and O–H groups in total. The third-order valence-corrected chi connectivity index (χ3v) is 4.56. The molecule has 122 valence electrons. The molecule has 0 aliphatic rings. The van der Waals surface area contributed by atoms with E-state index in [0.29, 0.717) is 11.8 Å². The summed E-state index contributed by atoms with van der Waals surface area (Å²) in [7, 11) is -2.47. The van der Waals surface area contributed by atoms with E-state index in [1.165, 1.54) is 36.1 Å². The van der Waals surface area contributed by atoms with Crippen LogP contribution in [0.25, 0.3) is 0 Å². The molecule has 0 aromatic heterocycles. The number of halogens is 2. The molecule has 2 aromatic carbocycles. The monoisotopic (exact) mass is 340 g/mol. The first-order chi connectivity index (χ1) is 10.7. The van der Waals surface area contributed by atoms with Crippen LogP contribution in [0.5, 0.6) is 0 Å². The molecule has 23 heavy (non-hydrogen) atoms. The van der Waals surface area contributed by atoms with Gasteiger partial charge < -0.3 is 4.90 Å². The number of hydrogen-bond donors (Lipinski definition) is 1. The van der Waals surface area contributed by atoms with Crippen LogP contribution in [0.15, 0.2) is 47.4 Å². The predicted octanol–water partition coefficient (Wildman–Crippen LogP) is 2.75. The number of rotatable bonds is 4. The molecule has 0 spiro atoms. The van der Waals surface area contributed by atoms with Gasteiger partial charge in [-0.05, 0) is 36.4 Å². The van der Waals surface area contributed by atoms with E-state index in [1.807, 2.05) is 0 Å². The van der Waals surface area contributed by atoms with E-state index in [4.69, 9.17) is 0 Å². The first-order valence-electron chi connectivity index (χ1n) is 6.53. The Hall–Kier alpha value is -2.48. The van der Waals surface area contributed by atoms with Crippen molar-refractivity contribution in [2.45, 2.75) is 11.8 Å². The topological polar surface area (TPSA) is 66.5 Å². The van der Waals surface area contributed by atoms with Gasteiger partial charge in [-0.25, -0.2) is 17.2 Å². The molecule has 0 heterocycles. The number of carbonyl (C=O) groups is 1. The van der Waals surface area contributed by atoms with E-state index in [-0.39, 0.29) is 16.5 Å². The van der Waals surface area contributed by atoms with E-state index >= 15 is 0 Å². The average molecular weight is 340 g/mol. The Morgan fingerprint density at radius 1 is 1.09 bits per heavy atom. The Morgan fingerprint density at radius 2 is 1.70 bits per heavy atom. The van der Waals surface area contributed by atoms with Gasteiger partial charge in [0.1, 0.15) is 11.6 Å². The van der Waals surface area contributed by atoms with Crippen molar-refractivity contribution in [3.05, 3.63) is 54.1 Å². The van der Waals surface area contributed by atoms with Gasteiger partial charge in [0, 0.05) is 25.7 Å². The number of benzene rings is 2. The number of nitrogens with zero attached hydrogens (tertiary/aromatic N) is 1. The first kappa shape index (κ1) is 16.9. The van der Waals surface area contributed by atoms with Crippen LogP contribution in [0.1, 0.15) is 6.92 Å². The highest BCUT2D eigenvalue weighted by Gasteiger charge is 2.17. The van der Waals surface area contributed by atoms with Crippen molar-refractivity contribution in [1.29, 1.82) is 0 Å². The fourth-order valence-corrected chi connectivity index (χ4v) is 2.87. The highest BCUT2D eigenvalue weighted by Crippen LogP contribution is 2.22. The van der Waals surface area contributed by atoms with Gasteiger partial charge in [0.05, 0.1) is 10.6 Å². The van der Waals surface area contributed by atoms with Gasteiger partial charge in [-0.1, -0.05) is 0 Å². The standard InChI is InChI=1S/C15H14F2N2O3S/c1-10(20)19(2)12-4-6-13(7-5-12)23(21,22)18-15-8-3-11(16)9-14(15)17/h3-9,18H,1-2H3. The predicted molar refractivity (Wildman–Crippen MR) is 82.7 cm³/mol. The largest absolute Gasteiger partial charge is 0.316 e. The SMILES string of the molecule is CC(=O)N(C)c1ccc(S(=O)(=O)Nc2ccc(F)cc2F)cc1. The van der Waals surface area contributed by atoms with Gasteiger partial charge in [-0.15, -0.1) is 0 Å². The molecule has 0 saturated heterocycles. The number of hydrogen-bond acceptors (Lipinski definition) is 3. The number of nitrogens with one attached hydrogen (secondary N) is 1. The lowest BCUT2D eigenvalue weighted by Gasteiger charge is -2.15. The third kappa shape index (κ3) is 3.84. The molecule has 1 amide bonds. The molecular weight excluding hydrogens is 326 g/mol. The van der Waals surface area contributed by atoms with E-state index in [2.05, 4.69) is 4.72 Å². The zero-order valence-electron chi connectivity index (χ0n) is 12.4. The molecule has 0 unspecified atom stereocenters. The second-order valence-electron chi connectivity index (χ2n) is 4.80. The summed E-state index contributed by atoms with van der Waals surface area (Å²) in [6.07, 6.45) is 0. The minimum atomic E-state index is -4.03. The molecule has 2 aromatic rings.